The number of benzene rings is 4. The Morgan fingerprint density at radius 3 is 1.63 bits per heavy atom. The lowest BCUT2D eigenvalue weighted by Crippen LogP contribution is -2.30. The summed E-state index contributed by atoms with van der Waals surface area (Å²) < 4.78 is 5.66. The highest BCUT2D eigenvalue weighted by Gasteiger charge is 2.23. The van der Waals surface area contributed by atoms with Gasteiger partial charge in [0.2, 0.25) is 5.91 Å². The van der Waals surface area contributed by atoms with Crippen LogP contribution in [-0.2, 0) is 9.59 Å². The van der Waals surface area contributed by atoms with Crippen molar-refractivity contribution < 1.29 is 14.3 Å². The Balaban J connectivity index is 1.41. The predicted octanol–water partition coefficient (Wildman–Crippen LogP) is 6.52. The quantitative estimate of drug-likeness (QED) is 0.299. The summed E-state index contributed by atoms with van der Waals surface area (Å²) in [6.45, 7) is 1.65. The molecular weight excluding hydrogens is 460 g/mol. The molecule has 0 spiro atoms. The minimum absolute atomic E-state index is 0.138. The van der Waals surface area contributed by atoms with Crippen molar-refractivity contribution in [1.29, 1.82) is 0 Å². The summed E-state index contributed by atoms with van der Waals surface area (Å²) in [6, 6.07) is 33.3. The minimum Gasteiger partial charge on any atom is -0.479 e. The summed E-state index contributed by atoms with van der Waals surface area (Å²) in [7, 11) is 0. The average Bonchev–Trinajstić information content (AvgIpc) is 2.88. The Bertz CT molecular complexity index is 1240. The number of ether oxygens (including phenoxy) is 1. The van der Waals surface area contributed by atoms with E-state index in [1.54, 1.807) is 55.5 Å². The summed E-state index contributed by atoms with van der Waals surface area (Å²) in [5.74, 6) is -0.447. The number of nitrogens with one attached hydrogen (secondary N) is 2. The molecule has 0 fully saturated rings. The summed E-state index contributed by atoms with van der Waals surface area (Å²) in [6.07, 6.45) is -0.744. The van der Waals surface area contributed by atoms with E-state index in [1.807, 2.05) is 60.7 Å². The van der Waals surface area contributed by atoms with Crippen LogP contribution in [0.5, 0.6) is 5.75 Å². The standard InChI is InChI=1S/C29H25ClN2O3/c1-20(35-26-15-9-8-14-25(26)30)28(33)31-23-16-18-24(19-17-23)32-29(34)27(21-10-4-2-5-11-21)22-12-6-3-7-13-22/h2-20,27H,1H3,(H,31,33)(H,32,34). The monoisotopic (exact) mass is 484 g/mol. The largest absolute Gasteiger partial charge is 0.479 e. The number of amides is 2. The number of rotatable bonds is 8. The normalized spacial score (nSPS) is 11.5. The number of hydrogen-bond acceptors (Lipinski definition) is 3. The van der Waals surface area contributed by atoms with Crippen LogP contribution in [0.15, 0.2) is 109 Å². The van der Waals surface area contributed by atoms with Gasteiger partial charge in [-0.1, -0.05) is 84.4 Å². The first kappa shape index (κ1) is 24.0. The van der Waals surface area contributed by atoms with E-state index < -0.39 is 12.0 Å². The molecule has 4 aromatic rings. The third-order valence-electron chi connectivity index (χ3n) is 5.46. The summed E-state index contributed by atoms with van der Waals surface area (Å²) >= 11 is 6.10. The zero-order valence-electron chi connectivity index (χ0n) is 19.1. The van der Waals surface area contributed by atoms with Gasteiger partial charge in [0, 0.05) is 11.4 Å². The van der Waals surface area contributed by atoms with Gasteiger partial charge < -0.3 is 15.4 Å². The van der Waals surface area contributed by atoms with Crippen LogP contribution in [0, 0.1) is 0 Å². The van der Waals surface area contributed by atoms with Crippen molar-refractivity contribution in [1.82, 2.24) is 0 Å². The van der Waals surface area contributed by atoms with Crippen LogP contribution in [-0.4, -0.2) is 17.9 Å². The molecule has 1 atom stereocenters. The van der Waals surface area contributed by atoms with Crippen molar-refractivity contribution in [2.75, 3.05) is 10.6 Å². The first-order valence-electron chi connectivity index (χ1n) is 11.2. The summed E-state index contributed by atoms with van der Waals surface area (Å²) in [4.78, 5) is 25.8. The number of hydrogen-bond donors (Lipinski definition) is 2. The van der Waals surface area contributed by atoms with Gasteiger partial charge in [-0.15, -0.1) is 0 Å². The van der Waals surface area contributed by atoms with Crippen molar-refractivity contribution in [3.8, 4) is 5.75 Å². The fourth-order valence-corrected chi connectivity index (χ4v) is 3.85. The van der Waals surface area contributed by atoms with Crippen molar-refractivity contribution in [3.05, 3.63) is 125 Å². The lowest BCUT2D eigenvalue weighted by molar-refractivity contribution is -0.122. The molecule has 176 valence electrons. The molecule has 4 aromatic carbocycles. The highest BCUT2D eigenvalue weighted by atomic mass is 35.5. The SMILES string of the molecule is CC(Oc1ccccc1Cl)C(=O)Nc1ccc(NC(=O)C(c2ccccc2)c2ccccc2)cc1. The molecule has 0 heterocycles. The van der Waals surface area contributed by atoms with Gasteiger partial charge >= 0.3 is 0 Å². The molecular formula is C29H25ClN2O3. The number of para-hydroxylation sites is 1. The zero-order chi connectivity index (χ0) is 24.6. The van der Waals surface area contributed by atoms with Crippen LogP contribution >= 0.6 is 11.6 Å². The second-order valence-corrected chi connectivity index (χ2v) is 8.41. The van der Waals surface area contributed by atoms with Gasteiger partial charge in [-0.25, -0.2) is 0 Å². The summed E-state index contributed by atoms with van der Waals surface area (Å²) in [5.41, 5.74) is 3.04. The molecule has 0 aliphatic rings. The Labute approximate surface area is 209 Å². The van der Waals surface area contributed by atoms with E-state index >= 15 is 0 Å². The lowest BCUT2D eigenvalue weighted by Gasteiger charge is -2.18. The van der Waals surface area contributed by atoms with Crippen LogP contribution in [0.4, 0.5) is 11.4 Å². The molecule has 35 heavy (non-hydrogen) atoms. The highest BCUT2D eigenvalue weighted by molar-refractivity contribution is 6.32. The van der Waals surface area contributed by atoms with Crippen molar-refractivity contribution in [2.24, 2.45) is 0 Å². The molecule has 0 bridgehead atoms. The topological polar surface area (TPSA) is 67.4 Å². The van der Waals surface area contributed by atoms with E-state index in [9.17, 15) is 9.59 Å². The number of carbonyl (C=O) groups excluding carboxylic acids is 2. The van der Waals surface area contributed by atoms with Crippen LogP contribution in [0.2, 0.25) is 5.02 Å². The number of halogens is 1. The molecule has 0 saturated heterocycles. The Morgan fingerprint density at radius 1 is 0.657 bits per heavy atom. The Hall–Kier alpha value is -4.09. The molecule has 0 aromatic heterocycles. The van der Waals surface area contributed by atoms with Crippen LogP contribution < -0.4 is 15.4 Å². The molecule has 6 heteroatoms. The molecule has 2 amide bonds. The van der Waals surface area contributed by atoms with Gasteiger partial charge in [0.15, 0.2) is 6.10 Å². The van der Waals surface area contributed by atoms with Gasteiger partial charge in [-0.05, 0) is 54.4 Å². The van der Waals surface area contributed by atoms with Crippen LogP contribution in [0.1, 0.15) is 24.0 Å². The fourth-order valence-electron chi connectivity index (χ4n) is 3.67. The molecule has 2 N–H and O–H groups in total. The van der Waals surface area contributed by atoms with E-state index in [4.69, 9.17) is 16.3 Å². The van der Waals surface area contributed by atoms with Gasteiger partial charge in [0.1, 0.15) is 5.75 Å². The molecule has 0 aliphatic heterocycles. The van der Waals surface area contributed by atoms with Crippen LogP contribution in [0.3, 0.4) is 0 Å². The zero-order valence-corrected chi connectivity index (χ0v) is 19.9. The first-order chi connectivity index (χ1) is 17.0. The highest BCUT2D eigenvalue weighted by Crippen LogP contribution is 2.27. The van der Waals surface area contributed by atoms with Gasteiger partial charge in [-0.3, -0.25) is 9.59 Å². The maximum absolute atomic E-state index is 13.3. The van der Waals surface area contributed by atoms with Crippen molar-refractivity contribution in [3.63, 3.8) is 0 Å². The van der Waals surface area contributed by atoms with Gasteiger partial charge in [-0.2, -0.15) is 0 Å². The fraction of sp³-hybridized carbons (Fsp3) is 0.103. The molecule has 0 radical (unpaired) electrons. The molecule has 0 aliphatic carbocycles. The Morgan fingerprint density at radius 2 is 1.11 bits per heavy atom. The second kappa shape index (κ2) is 11.4. The second-order valence-electron chi connectivity index (χ2n) is 8.00. The van der Waals surface area contributed by atoms with Crippen molar-refractivity contribution >= 4 is 34.8 Å². The lowest BCUT2D eigenvalue weighted by atomic mass is 9.90. The third-order valence-corrected chi connectivity index (χ3v) is 5.77. The first-order valence-corrected chi connectivity index (χ1v) is 11.6. The number of anilines is 2. The van der Waals surface area contributed by atoms with E-state index in [-0.39, 0.29) is 11.8 Å². The minimum atomic E-state index is -0.744. The maximum atomic E-state index is 13.3. The maximum Gasteiger partial charge on any atom is 0.265 e. The van der Waals surface area contributed by atoms with Gasteiger partial charge in [0.25, 0.3) is 5.91 Å². The third kappa shape index (κ3) is 6.28. The van der Waals surface area contributed by atoms with E-state index in [0.717, 1.165) is 11.1 Å². The predicted molar refractivity (Wildman–Crippen MR) is 140 cm³/mol. The Kier molecular flexibility index (Phi) is 7.81. The molecule has 0 saturated carbocycles. The smallest absolute Gasteiger partial charge is 0.265 e. The van der Waals surface area contributed by atoms with E-state index in [1.165, 1.54) is 0 Å². The van der Waals surface area contributed by atoms with E-state index in [2.05, 4.69) is 10.6 Å². The molecule has 5 nitrogen and oxygen atoms in total. The van der Waals surface area contributed by atoms with Crippen molar-refractivity contribution in [2.45, 2.75) is 18.9 Å². The van der Waals surface area contributed by atoms with Gasteiger partial charge in [0.05, 0.1) is 10.9 Å². The molecule has 1 unspecified atom stereocenters. The number of carbonyl (C=O) groups is 2. The average molecular weight is 485 g/mol. The van der Waals surface area contributed by atoms with E-state index in [0.29, 0.717) is 22.1 Å². The summed E-state index contributed by atoms with van der Waals surface area (Å²) in [5, 5.41) is 6.25. The molecule has 4 rings (SSSR count). The van der Waals surface area contributed by atoms with Crippen LogP contribution in [0.25, 0.3) is 0 Å².